The van der Waals surface area contributed by atoms with E-state index < -0.39 is 0 Å². The first-order valence-electron chi connectivity index (χ1n) is 0. The van der Waals surface area contributed by atoms with E-state index in [9.17, 15) is 0 Å². The molecule has 0 aliphatic rings. The molecule has 1 radical (unpaired) electrons. The van der Waals surface area contributed by atoms with E-state index in [0.717, 1.165) is 0 Å². The first-order chi connectivity index (χ1) is 0. The predicted molar refractivity (Wildman–Crippen MR) is 19.0 cm³/mol. The third-order valence-electron chi connectivity index (χ3n) is 0. The second kappa shape index (κ2) is 26.5. The number of hydrogen-bond acceptors (Lipinski definition) is 0. The molecule has 5 heteroatoms. The first-order valence-corrected chi connectivity index (χ1v) is 0. The van der Waals surface area contributed by atoms with Crippen LogP contribution in [0.5, 0.6) is 0 Å². The number of hydrogen-bond donors (Lipinski definition) is 0. The Hall–Kier alpha value is 3.32. The average molecular weight is 341 g/mol. The Balaban J connectivity index is 0. The van der Waals surface area contributed by atoms with E-state index in [4.69, 9.17) is 0 Å². The van der Waals surface area contributed by atoms with E-state index in [0.29, 0.717) is 0 Å². The van der Waals surface area contributed by atoms with Crippen molar-refractivity contribution in [1.29, 1.82) is 0 Å². The van der Waals surface area contributed by atoms with Gasteiger partial charge in [-0.2, -0.15) is 0 Å². The Morgan fingerprint density at radius 3 is 1.20 bits per heavy atom. The molecule has 0 aromatic rings. The molecule has 0 nitrogen and oxygen atoms in total. The smallest absolute Gasteiger partial charge is 1.00 e. The zero-order valence-corrected chi connectivity index (χ0v) is 9.11. The Bertz CT molecular complexity index is 19.2. The van der Waals surface area contributed by atoms with Crippen LogP contribution < -0.4 is 18.9 Å². The van der Waals surface area contributed by atoms with E-state index in [1.165, 1.54) is 0 Å². The molecule has 0 spiro atoms. The summed E-state index contributed by atoms with van der Waals surface area (Å²) in [6.45, 7) is 0. The van der Waals surface area contributed by atoms with Gasteiger partial charge in [0.05, 0.1) is 0 Å². The zero-order valence-electron chi connectivity index (χ0n) is 5.56. The van der Waals surface area contributed by atoms with Crippen LogP contribution in [0.3, 0.4) is 0 Å². The summed E-state index contributed by atoms with van der Waals surface area (Å²) < 4.78 is 0. The second-order valence-corrected chi connectivity index (χ2v) is 0. The molecule has 0 saturated carbocycles. The van der Waals surface area contributed by atoms with Gasteiger partial charge in [-0.25, -0.2) is 0 Å². The molecule has 23 valence electrons. The molecule has 0 bridgehead atoms. The van der Waals surface area contributed by atoms with Crippen LogP contribution in [0.15, 0.2) is 0 Å². The summed E-state index contributed by atoms with van der Waals surface area (Å²) in [4.78, 5) is 0. The van der Waals surface area contributed by atoms with Gasteiger partial charge in [0.2, 0.25) is 0 Å². The molecule has 0 heterocycles. The minimum Gasteiger partial charge on any atom is -1.00 e. The van der Waals surface area contributed by atoms with Crippen molar-refractivity contribution < 1.29 is 66.6 Å². The van der Waals surface area contributed by atoms with E-state index >= 15 is 0 Å². The molecule has 0 amide bonds. The molecule has 0 aromatic carbocycles. The van der Waals surface area contributed by atoms with Gasteiger partial charge in [0, 0.05) is 43.4 Å². The summed E-state index contributed by atoms with van der Waals surface area (Å²) in [6, 6.07) is 0. The van der Waals surface area contributed by atoms with E-state index in [1.54, 1.807) is 0 Å². The molecule has 0 aliphatic heterocycles. The van der Waals surface area contributed by atoms with Crippen molar-refractivity contribution in [3.8, 4) is 0 Å². The summed E-state index contributed by atoms with van der Waals surface area (Å²) in [7, 11) is 0. The third-order valence-corrected chi connectivity index (χ3v) is 0. The second-order valence-electron chi connectivity index (χ2n) is 0. The van der Waals surface area contributed by atoms with E-state index in [2.05, 4.69) is 0 Å². The summed E-state index contributed by atoms with van der Waals surface area (Å²) >= 11 is 0. The maximum atomic E-state index is 0. The van der Waals surface area contributed by atoms with Crippen molar-refractivity contribution in [3.63, 3.8) is 0 Å². The molecule has 0 fully saturated rings. The van der Waals surface area contributed by atoms with Crippen molar-refractivity contribution >= 4 is 40.4 Å². The summed E-state index contributed by atoms with van der Waals surface area (Å²) in [6.07, 6.45) is 0. The first kappa shape index (κ1) is 40.4. The quantitative estimate of drug-likeness (QED) is 0.392. The minimum absolute atomic E-state index is 0. The van der Waals surface area contributed by atoms with Gasteiger partial charge in [0.15, 0.2) is 17.4 Å². The van der Waals surface area contributed by atoms with Crippen molar-refractivity contribution in [3.05, 3.63) is 0 Å². The molecular weight excluding hydrogens is 335 g/mol. The summed E-state index contributed by atoms with van der Waals surface area (Å²) in [5.74, 6) is 0. The third kappa shape index (κ3) is 18.8. The van der Waals surface area contributed by atoms with E-state index in [-0.39, 0.29) is 107 Å². The van der Waals surface area contributed by atoms with Gasteiger partial charge in [-0.3, -0.25) is 0 Å². The SMILES string of the molecule is [AlH3].[H-].[H-].[H-].[Li+].[Mg+2].[Nb].[W]. The summed E-state index contributed by atoms with van der Waals surface area (Å²) in [5.41, 5.74) is 0. The number of rotatable bonds is 0. The fourth-order valence-electron chi connectivity index (χ4n) is 0. The van der Waals surface area contributed by atoms with E-state index in [1.807, 2.05) is 0 Å². The predicted octanol–water partition coefficient (Wildman–Crippen LogP) is -4.23. The van der Waals surface area contributed by atoms with Gasteiger partial charge < -0.3 is 4.28 Å². The van der Waals surface area contributed by atoms with Crippen molar-refractivity contribution in [1.82, 2.24) is 0 Å². The van der Waals surface area contributed by atoms with Gasteiger partial charge in [0.1, 0.15) is 0 Å². The van der Waals surface area contributed by atoms with Crippen LogP contribution in [0.4, 0.5) is 0 Å². The van der Waals surface area contributed by atoms with Crippen LogP contribution >= 0.6 is 0 Å². The van der Waals surface area contributed by atoms with Gasteiger partial charge in [-0.05, 0) is 0 Å². The van der Waals surface area contributed by atoms with Crippen molar-refractivity contribution in [2.45, 2.75) is 0 Å². The molecular formula is H6AlLiMgNbW. The normalized spacial score (nSPS) is 0. The maximum absolute atomic E-state index is 0. The van der Waals surface area contributed by atoms with Crippen LogP contribution in [0.25, 0.3) is 0 Å². The Labute approximate surface area is 105 Å². The molecule has 5 heavy (non-hydrogen) atoms. The molecule has 0 rings (SSSR count). The molecule has 0 N–H and O–H groups in total. The minimum atomic E-state index is 0. The Morgan fingerprint density at radius 1 is 1.20 bits per heavy atom. The Kier molecular flexibility index (Phi) is 214. The molecule has 0 atom stereocenters. The van der Waals surface area contributed by atoms with Crippen molar-refractivity contribution in [2.75, 3.05) is 0 Å². The van der Waals surface area contributed by atoms with Gasteiger partial charge >= 0.3 is 41.9 Å². The molecule has 0 aliphatic carbocycles. The van der Waals surface area contributed by atoms with Gasteiger partial charge in [-0.1, -0.05) is 0 Å². The molecule has 0 unspecified atom stereocenters. The standard InChI is InChI=1S/Al.Li.Mg.Nb.W.6H/q;+1;+2;;;;;;3*-1. The zero-order chi connectivity index (χ0) is 0. The van der Waals surface area contributed by atoms with Crippen LogP contribution in [0, 0.1) is 0 Å². The van der Waals surface area contributed by atoms with Crippen molar-refractivity contribution in [2.24, 2.45) is 0 Å². The molecule has 0 saturated heterocycles. The van der Waals surface area contributed by atoms with Crippen LogP contribution in [-0.4, -0.2) is 40.4 Å². The van der Waals surface area contributed by atoms with Gasteiger partial charge in [-0.15, -0.1) is 0 Å². The monoisotopic (exact) mass is 341 g/mol. The summed E-state index contributed by atoms with van der Waals surface area (Å²) in [5, 5.41) is 0. The van der Waals surface area contributed by atoms with Crippen LogP contribution in [0.2, 0.25) is 0 Å². The van der Waals surface area contributed by atoms with Crippen LogP contribution in [-0.2, 0) is 43.4 Å². The fourth-order valence-corrected chi connectivity index (χ4v) is 0. The van der Waals surface area contributed by atoms with Crippen LogP contribution in [0.1, 0.15) is 4.28 Å². The Morgan fingerprint density at radius 2 is 1.20 bits per heavy atom. The average Bonchev–Trinajstić information content (AvgIpc) is 0. The largest absolute Gasteiger partial charge is 2.00 e. The topological polar surface area (TPSA) is 0 Å². The fraction of sp³-hybridized carbons (Fsp3) is 0. The maximum Gasteiger partial charge on any atom is 2.00 e. The molecule has 0 aromatic heterocycles. The van der Waals surface area contributed by atoms with Gasteiger partial charge in [0.25, 0.3) is 0 Å².